The Hall–Kier alpha value is -0.650. The second-order valence-electron chi connectivity index (χ2n) is 7.24. The van der Waals surface area contributed by atoms with E-state index >= 15 is 0 Å². The van der Waals surface area contributed by atoms with Crippen molar-refractivity contribution < 1.29 is 9.90 Å². The zero-order valence-corrected chi connectivity index (χ0v) is 14.6. The molecule has 2 heterocycles. The highest BCUT2D eigenvalue weighted by molar-refractivity contribution is 5.77. The first-order chi connectivity index (χ1) is 11.3. The predicted molar refractivity (Wildman–Crippen MR) is 93.4 cm³/mol. The van der Waals surface area contributed by atoms with E-state index in [1.807, 2.05) is 0 Å². The fourth-order valence-corrected chi connectivity index (χ4v) is 3.76. The molecule has 2 N–H and O–H groups in total. The molecule has 0 aliphatic carbocycles. The summed E-state index contributed by atoms with van der Waals surface area (Å²) >= 11 is 0. The molecule has 0 spiro atoms. The number of hydrogen-bond acceptors (Lipinski definition) is 4. The monoisotopic (exact) mass is 325 g/mol. The van der Waals surface area contributed by atoms with Gasteiger partial charge < -0.3 is 15.3 Å². The molecule has 5 nitrogen and oxygen atoms in total. The maximum absolute atomic E-state index is 12.1. The minimum atomic E-state index is 0.178. The van der Waals surface area contributed by atoms with E-state index in [1.165, 1.54) is 38.5 Å². The minimum absolute atomic E-state index is 0.178. The van der Waals surface area contributed by atoms with Crippen LogP contribution in [0.15, 0.2) is 0 Å². The van der Waals surface area contributed by atoms with Gasteiger partial charge in [-0.1, -0.05) is 19.3 Å². The van der Waals surface area contributed by atoms with Crippen LogP contribution in [0.3, 0.4) is 0 Å². The van der Waals surface area contributed by atoms with Crippen molar-refractivity contribution in [2.24, 2.45) is 5.92 Å². The Morgan fingerprint density at radius 3 is 2.43 bits per heavy atom. The van der Waals surface area contributed by atoms with Crippen LogP contribution in [0.2, 0.25) is 0 Å². The molecular formula is C18H35N3O2. The summed E-state index contributed by atoms with van der Waals surface area (Å²) in [7, 11) is 0. The van der Waals surface area contributed by atoms with Gasteiger partial charge in [0.2, 0.25) is 5.91 Å². The van der Waals surface area contributed by atoms with Crippen molar-refractivity contribution in [1.82, 2.24) is 15.1 Å². The fraction of sp³-hybridized carbons (Fsp3) is 0.944. The number of hydrogen-bond donors (Lipinski definition) is 2. The molecule has 23 heavy (non-hydrogen) atoms. The third-order valence-electron chi connectivity index (χ3n) is 5.15. The molecule has 1 atom stereocenters. The van der Waals surface area contributed by atoms with Crippen molar-refractivity contribution in [3.05, 3.63) is 0 Å². The van der Waals surface area contributed by atoms with Crippen LogP contribution in [0.1, 0.15) is 51.4 Å². The first-order valence-electron chi connectivity index (χ1n) is 9.60. The van der Waals surface area contributed by atoms with Crippen LogP contribution in [0, 0.1) is 5.92 Å². The lowest BCUT2D eigenvalue weighted by Crippen LogP contribution is -2.41. The lowest BCUT2D eigenvalue weighted by molar-refractivity contribution is -0.122. The van der Waals surface area contributed by atoms with E-state index in [0.29, 0.717) is 19.1 Å². The smallest absolute Gasteiger partial charge is 0.234 e. The zero-order valence-electron chi connectivity index (χ0n) is 14.6. The molecule has 0 bridgehead atoms. The third kappa shape index (κ3) is 7.64. The number of nitrogens with zero attached hydrogens (tertiary/aromatic N) is 2. The van der Waals surface area contributed by atoms with E-state index in [4.69, 9.17) is 0 Å². The Morgan fingerprint density at radius 2 is 1.70 bits per heavy atom. The molecular weight excluding hydrogens is 290 g/mol. The molecule has 2 fully saturated rings. The van der Waals surface area contributed by atoms with Gasteiger partial charge in [-0.15, -0.1) is 0 Å². The van der Waals surface area contributed by atoms with Crippen molar-refractivity contribution in [2.45, 2.75) is 51.4 Å². The first kappa shape index (κ1) is 18.7. The van der Waals surface area contributed by atoms with Crippen molar-refractivity contribution in [1.29, 1.82) is 0 Å². The van der Waals surface area contributed by atoms with Gasteiger partial charge in [0.1, 0.15) is 0 Å². The number of likely N-dealkylation sites (tertiary alicyclic amines) is 2. The fourth-order valence-electron chi connectivity index (χ4n) is 3.76. The number of nitrogens with one attached hydrogen (secondary N) is 1. The molecule has 0 radical (unpaired) electrons. The maximum Gasteiger partial charge on any atom is 0.234 e. The van der Waals surface area contributed by atoms with E-state index in [2.05, 4.69) is 15.1 Å². The van der Waals surface area contributed by atoms with Gasteiger partial charge in [0.25, 0.3) is 0 Å². The molecule has 5 heteroatoms. The quantitative estimate of drug-likeness (QED) is 0.696. The van der Waals surface area contributed by atoms with Crippen molar-refractivity contribution in [2.75, 3.05) is 52.4 Å². The summed E-state index contributed by atoms with van der Waals surface area (Å²) in [4.78, 5) is 16.8. The summed E-state index contributed by atoms with van der Waals surface area (Å²) in [6.45, 7) is 6.97. The summed E-state index contributed by atoms with van der Waals surface area (Å²) in [5, 5.41) is 12.3. The third-order valence-corrected chi connectivity index (χ3v) is 5.15. The Kier molecular flexibility index (Phi) is 8.94. The van der Waals surface area contributed by atoms with Crippen LogP contribution in [-0.4, -0.2) is 73.2 Å². The Bertz CT molecular complexity index is 330. The predicted octanol–water partition coefficient (Wildman–Crippen LogP) is 1.46. The van der Waals surface area contributed by atoms with Crippen LogP contribution >= 0.6 is 0 Å². The average Bonchev–Trinajstić information content (AvgIpc) is 2.54. The number of aliphatic hydroxyl groups is 1. The van der Waals surface area contributed by atoms with Gasteiger partial charge >= 0.3 is 0 Å². The van der Waals surface area contributed by atoms with Gasteiger partial charge in [0, 0.05) is 19.7 Å². The highest BCUT2D eigenvalue weighted by Crippen LogP contribution is 2.15. The molecule has 2 aliphatic rings. The van der Waals surface area contributed by atoms with E-state index in [9.17, 15) is 9.90 Å². The Morgan fingerprint density at radius 1 is 1.00 bits per heavy atom. The van der Waals surface area contributed by atoms with Gasteiger partial charge in [-0.25, -0.2) is 0 Å². The Labute approximate surface area is 141 Å². The zero-order chi connectivity index (χ0) is 16.3. The molecule has 1 amide bonds. The highest BCUT2D eigenvalue weighted by atomic mass is 16.3. The standard InChI is InChI=1S/C18H35N3O2/c22-16-17-8-6-12-20(14-17)13-7-9-19-18(23)15-21-10-4-2-1-3-5-11-21/h17,22H,1-16H2,(H,19,23). The normalized spacial score (nSPS) is 24.8. The molecule has 0 aromatic rings. The average molecular weight is 325 g/mol. The van der Waals surface area contributed by atoms with Crippen LogP contribution in [0.5, 0.6) is 0 Å². The lowest BCUT2D eigenvalue weighted by atomic mass is 9.99. The number of carbonyl (C=O) groups excluding carboxylic acids is 1. The van der Waals surface area contributed by atoms with Crippen LogP contribution in [0.25, 0.3) is 0 Å². The molecule has 0 aromatic heterocycles. The molecule has 1 unspecified atom stereocenters. The largest absolute Gasteiger partial charge is 0.396 e. The molecule has 2 aliphatic heterocycles. The summed E-state index contributed by atoms with van der Waals surface area (Å²) in [6, 6.07) is 0. The van der Waals surface area contributed by atoms with Gasteiger partial charge in [-0.2, -0.15) is 0 Å². The van der Waals surface area contributed by atoms with Crippen molar-refractivity contribution in [3.63, 3.8) is 0 Å². The van der Waals surface area contributed by atoms with E-state index in [0.717, 1.165) is 52.1 Å². The van der Waals surface area contributed by atoms with E-state index < -0.39 is 0 Å². The molecule has 0 saturated carbocycles. The number of carbonyl (C=O) groups is 1. The summed E-state index contributed by atoms with van der Waals surface area (Å²) in [5.41, 5.74) is 0. The first-order valence-corrected chi connectivity index (χ1v) is 9.60. The van der Waals surface area contributed by atoms with Gasteiger partial charge in [0.05, 0.1) is 6.54 Å². The van der Waals surface area contributed by atoms with Crippen LogP contribution in [0.4, 0.5) is 0 Å². The summed E-state index contributed by atoms with van der Waals surface area (Å²) in [6.07, 6.45) is 9.78. The summed E-state index contributed by atoms with van der Waals surface area (Å²) < 4.78 is 0. The van der Waals surface area contributed by atoms with Crippen molar-refractivity contribution >= 4 is 5.91 Å². The number of rotatable bonds is 7. The van der Waals surface area contributed by atoms with Crippen molar-refractivity contribution in [3.8, 4) is 0 Å². The molecule has 2 saturated heterocycles. The number of amides is 1. The summed E-state index contributed by atoms with van der Waals surface area (Å²) in [5.74, 6) is 0.628. The molecule has 134 valence electrons. The Balaban J connectivity index is 1.53. The minimum Gasteiger partial charge on any atom is -0.396 e. The van der Waals surface area contributed by atoms with Gasteiger partial charge in [-0.05, 0) is 64.2 Å². The van der Waals surface area contributed by atoms with E-state index in [1.54, 1.807) is 0 Å². The second-order valence-corrected chi connectivity index (χ2v) is 7.24. The number of piperidine rings is 1. The van der Waals surface area contributed by atoms with Gasteiger partial charge in [-0.3, -0.25) is 9.69 Å². The van der Waals surface area contributed by atoms with Crippen LogP contribution < -0.4 is 5.32 Å². The van der Waals surface area contributed by atoms with E-state index in [-0.39, 0.29) is 5.91 Å². The van der Waals surface area contributed by atoms with Gasteiger partial charge in [0.15, 0.2) is 0 Å². The lowest BCUT2D eigenvalue weighted by Gasteiger charge is -2.31. The molecule has 0 aromatic carbocycles. The second kappa shape index (κ2) is 11.0. The number of aliphatic hydroxyl groups excluding tert-OH is 1. The topological polar surface area (TPSA) is 55.8 Å². The SMILES string of the molecule is O=C(CN1CCCCCCC1)NCCCN1CCCC(CO)C1. The highest BCUT2D eigenvalue weighted by Gasteiger charge is 2.18. The molecule has 2 rings (SSSR count). The maximum atomic E-state index is 12.1. The van der Waals surface area contributed by atoms with Crippen LogP contribution in [-0.2, 0) is 4.79 Å².